The monoisotopic (exact) mass is 780 g/mol. The van der Waals surface area contributed by atoms with Crippen molar-refractivity contribution in [3.8, 4) is 55.6 Å². The van der Waals surface area contributed by atoms with Crippen molar-refractivity contribution in [1.82, 2.24) is 0 Å². The van der Waals surface area contributed by atoms with Gasteiger partial charge in [-0.05, 0) is 101 Å². The van der Waals surface area contributed by atoms with E-state index < -0.39 is 0 Å². The van der Waals surface area contributed by atoms with E-state index in [1.807, 2.05) is 42.5 Å². The predicted octanol–water partition coefficient (Wildman–Crippen LogP) is 15.3. The summed E-state index contributed by atoms with van der Waals surface area (Å²) in [7, 11) is 0. The molecule has 290 valence electrons. The molecule has 0 saturated heterocycles. The number of amidine groups is 1. The first-order valence-corrected chi connectivity index (χ1v) is 21.0. The number of hydrogen-bond acceptors (Lipinski definition) is 1. The molecule has 1 N–H and O–H groups in total. The molecule has 0 amide bonds. The maximum Gasteiger partial charge on any atom is 0.152 e. The van der Waals surface area contributed by atoms with Crippen LogP contribution in [0.2, 0.25) is 0 Å². The molecule has 61 heavy (non-hydrogen) atoms. The first-order chi connectivity index (χ1) is 29.9. The van der Waals surface area contributed by atoms with Crippen molar-refractivity contribution >= 4 is 28.4 Å². The minimum atomic E-state index is -0.104. The lowest BCUT2D eigenvalue weighted by Crippen LogP contribution is -2.16. The average Bonchev–Trinajstić information content (AvgIpc) is 3.56. The van der Waals surface area contributed by atoms with Gasteiger partial charge in [-0.15, -0.1) is 0 Å². The summed E-state index contributed by atoms with van der Waals surface area (Å²) in [4.78, 5) is 5.07. The van der Waals surface area contributed by atoms with Crippen LogP contribution in [0, 0.1) is 5.41 Å². The summed E-state index contributed by atoms with van der Waals surface area (Å²) in [6.07, 6.45) is 4.24. The van der Waals surface area contributed by atoms with Gasteiger partial charge in [0, 0.05) is 16.5 Å². The zero-order valence-corrected chi connectivity index (χ0v) is 34.3. The fraction of sp³-hybridized carbons (Fsp3) is 0.0508. The highest BCUT2D eigenvalue weighted by molar-refractivity contribution is 6.20. The van der Waals surface area contributed by atoms with Gasteiger partial charge in [-0.2, -0.15) is 0 Å². The van der Waals surface area contributed by atoms with Crippen LogP contribution in [0.4, 0.5) is 0 Å². The van der Waals surface area contributed by atoms with Gasteiger partial charge < -0.3 is 0 Å². The van der Waals surface area contributed by atoms with Gasteiger partial charge in [0.05, 0.1) is 5.71 Å². The standard InChI is InChI=1S/C59H44N2/c1-59(2)55-31-15-14-28-51(55)53-30-17-29-49(57(53)59)46-25-16-24-45(38-46)48-35-32-42(47-26-12-13-27-50(47)48)34-37-56(61-58(60)43-22-10-5-11-23-43)52-36-33-44(40-18-6-3-7-19-40)39-54(52)41-20-8-4-9-21-41/h3-39,60H,1-2H3/b37-34+,60-58?,61-56?. The van der Waals surface area contributed by atoms with E-state index in [4.69, 9.17) is 10.4 Å². The molecule has 9 aromatic rings. The zero-order chi connectivity index (χ0) is 41.3. The number of fused-ring (bicyclic) bond motifs is 4. The first-order valence-electron chi connectivity index (χ1n) is 21.0. The van der Waals surface area contributed by atoms with Crippen LogP contribution in [-0.2, 0) is 5.41 Å². The van der Waals surface area contributed by atoms with Crippen molar-refractivity contribution in [2.45, 2.75) is 19.3 Å². The minimum Gasteiger partial charge on any atom is -0.282 e. The third kappa shape index (κ3) is 7.03. The molecule has 0 heterocycles. The van der Waals surface area contributed by atoms with Crippen molar-refractivity contribution in [3.05, 3.63) is 246 Å². The van der Waals surface area contributed by atoms with Crippen molar-refractivity contribution in [3.63, 3.8) is 0 Å². The summed E-state index contributed by atoms with van der Waals surface area (Å²) in [5.74, 6) is 0.211. The summed E-state index contributed by atoms with van der Waals surface area (Å²) < 4.78 is 0. The minimum absolute atomic E-state index is 0.104. The van der Waals surface area contributed by atoms with Crippen LogP contribution in [0.1, 0.15) is 41.7 Å². The number of hydrogen-bond donors (Lipinski definition) is 1. The van der Waals surface area contributed by atoms with Crippen LogP contribution >= 0.6 is 0 Å². The second kappa shape index (κ2) is 15.8. The van der Waals surface area contributed by atoms with E-state index in [-0.39, 0.29) is 11.3 Å². The fourth-order valence-corrected chi connectivity index (χ4v) is 9.23. The van der Waals surface area contributed by atoms with E-state index >= 15 is 0 Å². The van der Waals surface area contributed by atoms with Gasteiger partial charge >= 0.3 is 0 Å². The van der Waals surface area contributed by atoms with Crippen LogP contribution in [-0.4, -0.2) is 11.5 Å². The van der Waals surface area contributed by atoms with Gasteiger partial charge in [-0.25, -0.2) is 4.99 Å². The van der Waals surface area contributed by atoms with Crippen LogP contribution in [0.3, 0.4) is 0 Å². The first kappa shape index (κ1) is 37.6. The van der Waals surface area contributed by atoms with Crippen LogP contribution < -0.4 is 0 Å². The van der Waals surface area contributed by atoms with Crippen molar-refractivity contribution in [2.24, 2.45) is 4.99 Å². The molecule has 0 unspecified atom stereocenters. The maximum absolute atomic E-state index is 9.15. The van der Waals surface area contributed by atoms with Crippen LogP contribution in [0.25, 0.3) is 72.5 Å². The number of allylic oxidation sites excluding steroid dienone is 1. The van der Waals surface area contributed by atoms with E-state index in [9.17, 15) is 0 Å². The second-order valence-electron chi connectivity index (χ2n) is 16.3. The number of nitrogens with one attached hydrogen (secondary N) is 1. The Hall–Kier alpha value is -7.68. The Bertz CT molecular complexity index is 3150. The van der Waals surface area contributed by atoms with Gasteiger partial charge in [-0.1, -0.05) is 220 Å². The van der Waals surface area contributed by atoms with E-state index in [1.165, 1.54) is 49.9 Å². The highest BCUT2D eigenvalue weighted by Crippen LogP contribution is 2.52. The highest BCUT2D eigenvalue weighted by Gasteiger charge is 2.37. The second-order valence-corrected chi connectivity index (χ2v) is 16.3. The van der Waals surface area contributed by atoms with E-state index in [0.717, 1.165) is 44.3 Å². The van der Waals surface area contributed by atoms with Crippen molar-refractivity contribution in [1.29, 1.82) is 5.41 Å². The zero-order valence-electron chi connectivity index (χ0n) is 34.3. The molecule has 2 heteroatoms. The summed E-state index contributed by atoms with van der Waals surface area (Å²) in [6.45, 7) is 4.71. The molecule has 0 saturated carbocycles. The predicted molar refractivity (Wildman–Crippen MR) is 259 cm³/mol. The lowest BCUT2D eigenvalue weighted by atomic mass is 9.78. The number of rotatable bonds is 8. The quantitative estimate of drug-likeness (QED) is 0.118. The molecule has 2 nitrogen and oxygen atoms in total. The molecular weight excluding hydrogens is 737 g/mol. The average molecular weight is 781 g/mol. The summed E-state index contributed by atoms with van der Waals surface area (Å²) in [5, 5.41) is 11.5. The highest BCUT2D eigenvalue weighted by atomic mass is 14.8. The number of nitrogens with zero attached hydrogens (tertiary/aromatic N) is 1. The molecule has 0 radical (unpaired) electrons. The number of aliphatic imine (C=N–C) groups is 1. The molecule has 9 aromatic carbocycles. The molecule has 1 aliphatic carbocycles. The third-order valence-corrected chi connectivity index (χ3v) is 12.2. The van der Waals surface area contributed by atoms with Gasteiger partial charge in [0.1, 0.15) is 0 Å². The molecule has 0 aliphatic heterocycles. The summed E-state index contributed by atoms with van der Waals surface area (Å²) in [5.41, 5.74) is 18.1. The molecule has 1 aliphatic rings. The van der Waals surface area contributed by atoms with Crippen LogP contribution in [0.5, 0.6) is 0 Å². The Morgan fingerprint density at radius 3 is 1.80 bits per heavy atom. The Morgan fingerprint density at radius 1 is 0.443 bits per heavy atom. The van der Waals surface area contributed by atoms with Crippen molar-refractivity contribution < 1.29 is 0 Å². The van der Waals surface area contributed by atoms with E-state index in [0.29, 0.717) is 5.71 Å². The molecule has 0 fully saturated rings. The Kier molecular flexibility index (Phi) is 9.75. The smallest absolute Gasteiger partial charge is 0.152 e. The molecule has 0 atom stereocenters. The largest absolute Gasteiger partial charge is 0.282 e. The van der Waals surface area contributed by atoms with Gasteiger partial charge in [-0.3, -0.25) is 5.41 Å². The van der Waals surface area contributed by atoms with Crippen molar-refractivity contribution in [2.75, 3.05) is 0 Å². The molecule has 0 bridgehead atoms. The lowest BCUT2D eigenvalue weighted by molar-refractivity contribution is 0.662. The summed E-state index contributed by atoms with van der Waals surface area (Å²) in [6, 6.07) is 75.1. The Morgan fingerprint density at radius 2 is 1.03 bits per heavy atom. The Labute approximate surface area is 358 Å². The SMILES string of the molecule is CC1(C)c2ccccc2-c2cccc(-c3cccc(-c4ccc(/C=C/C(=NC(=N)c5ccccc5)c5ccc(-c6ccccc6)cc5-c5ccccc5)c5ccccc45)c3)c21. The molecule has 10 rings (SSSR count). The topological polar surface area (TPSA) is 36.2 Å². The van der Waals surface area contributed by atoms with Gasteiger partial charge in [0.2, 0.25) is 0 Å². The Balaban J connectivity index is 1.07. The van der Waals surface area contributed by atoms with Gasteiger partial charge in [0.15, 0.2) is 5.84 Å². The van der Waals surface area contributed by atoms with Crippen LogP contribution in [0.15, 0.2) is 223 Å². The van der Waals surface area contributed by atoms with E-state index in [1.54, 1.807) is 0 Å². The number of benzene rings is 9. The lowest BCUT2D eigenvalue weighted by Gasteiger charge is -2.24. The fourth-order valence-electron chi connectivity index (χ4n) is 9.23. The molecule has 0 spiro atoms. The van der Waals surface area contributed by atoms with Gasteiger partial charge in [0.25, 0.3) is 0 Å². The normalized spacial score (nSPS) is 13.0. The van der Waals surface area contributed by atoms with E-state index in [2.05, 4.69) is 196 Å². The third-order valence-electron chi connectivity index (χ3n) is 12.2. The summed E-state index contributed by atoms with van der Waals surface area (Å²) >= 11 is 0. The molecule has 0 aromatic heterocycles. The molecular formula is C59H44N2. The maximum atomic E-state index is 9.15.